The van der Waals surface area contributed by atoms with Crippen LogP contribution in [0.3, 0.4) is 0 Å². The number of benzene rings is 1. The van der Waals surface area contributed by atoms with Gasteiger partial charge in [-0.25, -0.2) is 0 Å². The van der Waals surface area contributed by atoms with Crippen LogP contribution in [0.1, 0.15) is 23.6 Å². The molecule has 0 saturated carbocycles. The van der Waals surface area contributed by atoms with Crippen molar-refractivity contribution in [3.05, 3.63) is 34.9 Å². The molecule has 12 heavy (non-hydrogen) atoms. The average molecular weight is 154 g/mol. The van der Waals surface area contributed by atoms with Crippen LogP contribution in [0, 0.1) is 24.7 Å². The molecule has 0 aliphatic carbocycles. The first-order valence-electron chi connectivity index (χ1n) is 3.88. The normalized spacial score (nSPS) is 8.58. The molecule has 1 rings (SSSR count). The molecule has 0 spiro atoms. The first-order valence-corrected chi connectivity index (χ1v) is 3.88. The molecule has 0 heteroatoms. The van der Waals surface area contributed by atoms with Gasteiger partial charge < -0.3 is 0 Å². The van der Waals surface area contributed by atoms with Crippen molar-refractivity contribution in [3.8, 4) is 24.7 Å². The number of rotatable bonds is 1. The summed E-state index contributed by atoms with van der Waals surface area (Å²) in [6.07, 6.45) is 11.5. The molecule has 0 saturated heterocycles. The fraction of sp³-hybridized carbons (Fsp3) is 0.167. The van der Waals surface area contributed by atoms with Crippen molar-refractivity contribution in [2.45, 2.75) is 13.3 Å². The van der Waals surface area contributed by atoms with Crippen LogP contribution in [0.15, 0.2) is 18.2 Å². The second-order valence-corrected chi connectivity index (χ2v) is 2.51. The summed E-state index contributed by atoms with van der Waals surface area (Å²) in [6, 6.07) is 5.73. The van der Waals surface area contributed by atoms with Crippen LogP contribution >= 0.6 is 0 Å². The maximum Gasteiger partial charge on any atom is 0.0275 e. The second kappa shape index (κ2) is 3.65. The van der Waals surface area contributed by atoms with Gasteiger partial charge in [-0.2, -0.15) is 0 Å². The number of hydrogen-bond acceptors (Lipinski definition) is 0. The fourth-order valence-corrected chi connectivity index (χ4v) is 1.12. The lowest BCUT2D eigenvalue weighted by molar-refractivity contribution is 1.13. The number of terminal acetylenes is 2. The molecule has 58 valence electrons. The van der Waals surface area contributed by atoms with Crippen molar-refractivity contribution in [2.24, 2.45) is 0 Å². The zero-order chi connectivity index (χ0) is 8.97. The Hall–Kier alpha value is -1.66. The van der Waals surface area contributed by atoms with E-state index in [9.17, 15) is 0 Å². The van der Waals surface area contributed by atoms with E-state index in [1.165, 1.54) is 0 Å². The van der Waals surface area contributed by atoms with E-state index in [1.54, 1.807) is 0 Å². The number of hydrogen-bond donors (Lipinski definition) is 0. The predicted octanol–water partition coefficient (Wildman–Crippen LogP) is 2.21. The Labute approximate surface area is 73.6 Å². The van der Waals surface area contributed by atoms with Crippen LogP contribution in [-0.2, 0) is 6.42 Å². The highest BCUT2D eigenvalue weighted by Gasteiger charge is 1.97. The maximum absolute atomic E-state index is 5.32. The Morgan fingerprint density at radius 1 is 1.25 bits per heavy atom. The molecular formula is C12H10. The van der Waals surface area contributed by atoms with Gasteiger partial charge in [-0.1, -0.05) is 18.8 Å². The Morgan fingerprint density at radius 2 is 2.00 bits per heavy atom. The molecular weight excluding hydrogens is 144 g/mol. The topological polar surface area (TPSA) is 0 Å². The SMILES string of the molecule is C#Cc1ccc(C#C)c(CC)c1. The lowest BCUT2D eigenvalue weighted by Crippen LogP contribution is -1.88. The van der Waals surface area contributed by atoms with E-state index in [0.29, 0.717) is 0 Å². The summed E-state index contributed by atoms with van der Waals surface area (Å²) < 4.78 is 0. The van der Waals surface area contributed by atoms with E-state index in [0.717, 1.165) is 23.1 Å². The monoisotopic (exact) mass is 154 g/mol. The third-order valence-corrected chi connectivity index (χ3v) is 1.81. The highest BCUT2D eigenvalue weighted by atomic mass is 14.0. The molecule has 0 bridgehead atoms. The lowest BCUT2D eigenvalue weighted by Gasteiger charge is -2.01. The first-order chi connectivity index (χ1) is 5.81. The third-order valence-electron chi connectivity index (χ3n) is 1.81. The third kappa shape index (κ3) is 1.49. The summed E-state index contributed by atoms with van der Waals surface area (Å²) in [5, 5.41) is 0. The molecule has 0 atom stereocenters. The minimum atomic E-state index is 0.894. The van der Waals surface area contributed by atoms with Crippen LogP contribution in [0.5, 0.6) is 0 Å². The van der Waals surface area contributed by atoms with Crippen molar-refractivity contribution in [3.63, 3.8) is 0 Å². The van der Waals surface area contributed by atoms with Gasteiger partial charge in [0.15, 0.2) is 0 Å². The van der Waals surface area contributed by atoms with Crippen LogP contribution in [0.4, 0.5) is 0 Å². The standard InChI is InChI=1S/C12H10/c1-4-10-7-8-11(5-2)12(6-3)9-10/h1-2,7-9H,6H2,3H3. The van der Waals surface area contributed by atoms with Crippen molar-refractivity contribution < 1.29 is 0 Å². The Bertz CT molecular complexity index is 359. The summed E-state index contributed by atoms with van der Waals surface area (Å²) >= 11 is 0. The molecule has 1 aromatic rings. The Morgan fingerprint density at radius 3 is 2.50 bits per heavy atom. The average Bonchev–Trinajstić information content (AvgIpc) is 2.16. The maximum atomic E-state index is 5.32. The minimum absolute atomic E-state index is 0.894. The Kier molecular flexibility index (Phi) is 2.57. The smallest absolute Gasteiger partial charge is 0.0275 e. The molecule has 0 radical (unpaired) electrons. The lowest BCUT2D eigenvalue weighted by atomic mass is 10.0. The van der Waals surface area contributed by atoms with Crippen LogP contribution in [-0.4, -0.2) is 0 Å². The van der Waals surface area contributed by atoms with Crippen molar-refractivity contribution >= 4 is 0 Å². The summed E-state index contributed by atoms with van der Waals surface area (Å²) in [7, 11) is 0. The van der Waals surface area contributed by atoms with Crippen LogP contribution in [0.25, 0.3) is 0 Å². The predicted molar refractivity (Wildman–Crippen MR) is 51.7 cm³/mol. The van der Waals surface area contributed by atoms with E-state index in [-0.39, 0.29) is 0 Å². The molecule has 0 heterocycles. The molecule has 0 fully saturated rings. The van der Waals surface area contributed by atoms with Crippen molar-refractivity contribution in [1.82, 2.24) is 0 Å². The van der Waals surface area contributed by atoms with Gasteiger partial charge in [0, 0.05) is 11.1 Å². The molecule has 1 aromatic carbocycles. The highest BCUT2D eigenvalue weighted by molar-refractivity contribution is 5.46. The van der Waals surface area contributed by atoms with Gasteiger partial charge in [-0.3, -0.25) is 0 Å². The molecule has 0 aliphatic rings. The number of aryl methyl sites for hydroxylation is 1. The van der Waals surface area contributed by atoms with Gasteiger partial charge in [0.25, 0.3) is 0 Å². The van der Waals surface area contributed by atoms with E-state index in [2.05, 4.69) is 18.8 Å². The van der Waals surface area contributed by atoms with Gasteiger partial charge >= 0.3 is 0 Å². The van der Waals surface area contributed by atoms with Gasteiger partial charge in [0.2, 0.25) is 0 Å². The molecule has 0 nitrogen and oxygen atoms in total. The van der Waals surface area contributed by atoms with Gasteiger partial charge in [0.1, 0.15) is 0 Å². The van der Waals surface area contributed by atoms with Gasteiger partial charge in [-0.05, 0) is 30.2 Å². The molecule has 0 amide bonds. The van der Waals surface area contributed by atoms with Crippen LogP contribution < -0.4 is 0 Å². The fourth-order valence-electron chi connectivity index (χ4n) is 1.12. The quantitative estimate of drug-likeness (QED) is 0.544. The largest absolute Gasteiger partial charge is 0.115 e. The van der Waals surface area contributed by atoms with E-state index in [1.807, 2.05) is 18.2 Å². The first kappa shape index (κ1) is 8.44. The minimum Gasteiger partial charge on any atom is -0.115 e. The zero-order valence-electron chi connectivity index (χ0n) is 7.09. The molecule has 0 aromatic heterocycles. The van der Waals surface area contributed by atoms with E-state index < -0.39 is 0 Å². The Balaban J connectivity index is 3.24. The summed E-state index contributed by atoms with van der Waals surface area (Å²) in [4.78, 5) is 0. The van der Waals surface area contributed by atoms with Gasteiger partial charge in [-0.15, -0.1) is 12.8 Å². The molecule has 0 N–H and O–H groups in total. The second-order valence-electron chi connectivity index (χ2n) is 2.51. The van der Waals surface area contributed by atoms with Gasteiger partial charge in [0.05, 0.1) is 0 Å². The van der Waals surface area contributed by atoms with E-state index in [4.69, 9.17) is 12.8 Å². The zero-order valence-corrected chi connectivity index (χ0v) is 7.09. The van der Waals surface area contributed by atoms with E-state index >= 15 is 0 Å². The van der Waals surface area contributed by atoms with Crippen molar-refractivity contribution in [2.75, 3.05) is 0 Å². The molecule has 0 aliphatic heterocycles. The summed E-state index contributed by atoms with van der Waals surface area (Å²) in [5.41, 5.74) is 2.98. The van der Waals surface area contributed by atoms with Crippen molar-refractivity contribution in [1.29, 1.82) is 0 Å². The summed E-state index contributed by atoms with van der Waals surface area (Å²) in [6.45, 7) is 2.07. The highest BCUT2D eigenvalue weighted by Crippen LogP contribution is 2.10. The van der Waals surface area contributed by atoms with Crippen LogP contribution in [0.2, 0.25) is 0 Å². The molecule has 0 unspecified atom stereocenters. The summed E-state index contributed by atoms with van der Waals surface area (Å²) in [5.74, 6) is 5.21.